The third-order valence-corrected chi connectivity index (χ3v) is 4.29. The van der Waals surface area contributed by atoms with Gasteiger partial charge in [0.05, 0.1) is 6.61 Å². The molecular formula is C19H29N5O3. The quantitative estimate of drug-likeness (QED) is 0.598. The molecule has 0 spiro atoms. The van der Waals surface area contributed by atoms with Crippen molar-refractivity contribution in [3.63, 3.8) is 0 Å². The third kappa shape index (κ3) is 5.87. The number of nitrogens with one attached hydrogen (secondary N) is 2. The van der Waals surface area contributed by atoms with E-state index in [0.29, 0.717) is 51.4 Å². The predicted octanol–water partition coefficient (Wildman–Crippen LogP) is 1.29. The van der Waals surface area contributed by atoms with Gasteiger partial charge in [-0.25, -0.2) is 4.79 Å². The Morgan fingerprint density at radius 3 is 2.44 bits per heavy atom. The van der Waals surface area contributed by atoms with Crippen LogP contribution in [0.15, 0.2) is 29.3 Å². The minimum absolute atomic E-state index is 0.0705. The maximum Gasteiger partial charge on any atom is 0.409 e. The first kappa shape index (κ1) is 20.5. The van der Waals surface area contributed by atoms with Gasteiger partial charge in [-0.1, -0.05) is 12.1 Å². The van der Waals surface area contributed by atoms with E-state index in [1.54, 1.807) is 24.9 Å². The molecule has 1 saturated heterocycles. The second-order valence-electron chi connectivity index (χ2n) is 6.13. The number of hydrogen-bond acceptors (Lipinski definition) is 4. The smallest absolute Gasteiger partial charge is 0.409 e. The van der Waals surface area contributed by atoms with E-state index in [1.165, 1.54) is 0 Å². The average molecular weight is 375 g/mol. The lowest BCUT2D eigenvalue weighted by Gasteiger charge is -2.35. The van der Waals surface area contributed by atoms with Crippen LogP contribution in [-0.2, 0) is 11.3 Å². The fraction of sp³-hybridized carbons (Fsp3) is 0.526. The van der Waals surface area contributed by atoms with E-state index in [2.05, 4.69) is 20.5 Å². The van der Waals surface area contributed by atoms with Crippen molar-refractivity contribution in [3.05, 3.63) is 35.4 Å². The molecule has 2 amide bonds. The first-order chi connectivity index (χ1) is 13.1. The summed E-state index contributed by atoms with van der Waals surface area (Å²) < 4.78 is 5.05. The second kappa shape index (κ2) is 10.4. The highest BCUT2D eigenvalue weighted by Crippen LogP contribution is 2.07. The highest BCUT2D eigenvalue weighted by Gasteiger charge is 2.23. The lowest BCUT2D eigenvalue weighted by atomic mass is 10.1. The molecule has 0 bridgehead atoms. The molecule has 0 unspecified atom stereocenters. The number of ether oxygens (including phenoxy) is 1. The molecule has 0 atom stereocenters. The molecule has 1 aliphatic rings. The summed E-state index contributed by atoms with van der Waals surface area (Å²) in [5.41, 5.74) is 1.65. The molecule has 148 valence electrons. The second-order valence-corrected chi connectivity index (χ2v) is 6.13. The van der Waals surface area contributed by atoms with Crippen LogP contribution in [0.3, 0.4) is 0 Å². The molecule has 8 nitrogen and oxygen atoms in total. The van der Waals surface area contributed by atoms with Crippen LogP contribution in [0, 0.1) is 0 Å². The lowest BCUT2D eigenvalue weighted by Crippen LogP contribution is -2.53. The zero-order valence-electron chi connectivity index (χ0n) is 16.3. The van der Waals surface area contributed by atoms with Gasteiger partial charge in [0.25, 0.3) is 5.91 Å². The van der Waals surface area contributed by atoms with Crippen molar-refractivity contribution >= 4 is 18.0 Å². The van der Waals surface area contributed by atoms with Crippen molar-refractivity contribution in [1.82, 2.24) is 20.4 Å². The van der Waals surface area contributed by atoms with Crippen molar-refractivity contribution < 1.29 is 14.3 Å². The van der Waals surface area contributed by atoms with Crippen molar-refractivity contribution in [2.45, 2.75) is 20.4 Å². The van der Waals surface area contributed by atoms with Gasteiger partial charge in [0.1, 0.15) is 0 Å². The molecule has 1 fully saturated rings. The fourth-order valence-corrected chi connectivity index (χ4v) is 2.91. The van der Waals surface area contributed by atoms with Crippen LogP contribution in [0.25, 0.3) is 0 Å². The molecule has 0 radical (unpaired) electrons. The number of carbonyl (C=O) groups excluding carboxylic acids is 2. The van der Waals surface area contributed by atoms with E-state index < -0.39 is 0 Å². The number of nitrogens with zero attached hydrogens (tertiary/aromatic N) is 3. The Bertz CT molecular complexity index is 669. The number of guanidine groups is 1. The van der Waals surface area contributed by atoms with E-state index in [9.17, 15) is 9.59 Å². The van der Waals surface area contributed by atoms with Gasteiger partial charge in [-0.15, -0.1) is 0 Å². The van der Waals surface area contributed by atoms with Crippen LogP contribution in [0.2, 0.25) is 0 Å². The first-order valence-corrected chi connectivity index (χ1v) is 9.33. The molecule has 8 heteroatoms. The maximum absolute atomic E-state index is 12.0. The van der Waals surface area contributed by atoms with Crippen LogP contribution < -0.4 is 10.6 Å². The molecule has 1 aromatic rings. The summed E-state index contributed by atoms with van der Waals surface area (Å²) in [6.07, 6.45) is -0.262. The monoisotopic (exact) mass is 375 g/mol. The highest BCUT2D eigenvalue weighted by molar-refractivity contribution is 5.94. The molecule has 0 aromatic heterocycles. The van der Waals surface area contributed by atoms with Crippen LogP contribution in [0.1, 0.15) is 29.8 Å². The van der Waals surface area contributed by atoms with Gasteiger partial charge in [-0.05, 0) is 31.5 Å². The number of benzene rings is 1. The van der Waals surface area contributed by atoms with Crippen LogP contribution in [0.5, 0.6) is 0 Å². The van der Waals surface area contributed by atoms with Crippen molar-refractivity contribution in [2.75, 3.05) is 46.4 Å². The van der Waals surface area contributed by atoms with Crippen LogP contribution >= 0.6 is 0 Å². The van der Waals surface area contributed by atoms with E-state index in [1.807, 2.05) is 25.1 Å². The van der Waals surface area contributed by atoms with Crippen molar-refractivity contribution in [3.8, 4) is 0 Å². The van der Waals surface area contributed by atoms with Gasteiger partial charge in [0.15, 0.2) is 5.96 Å². The summed E-state index contributed by atoms with van der Waals surface area (Å²) in [4.78, 5) is 31.9. The number of carbonyl (C=O) groups is 2. The van der Waals surface area contributed by atoms with E-state index >= 15 is 0 Å². The first-order valence-electron chi connectivity index (χ1n) is 9.33. The van der Waals surface area contributed by atoms with E-state index in [-0.39, 0.29) is 12.0 Å². The van der Waals surface area contributed by atoms with Crippen molar-refractivity contribution in [2.24, 2.45) is 4.99 Å². The Kier molecular flexibility index (Phi) is 7.91. The van der Waals surface area contributed by atoms with Gasteiger partial charge in [0.2, 0.25) is 0 Å². The Morgan fingerprint density at radius 2 is 1.81 bits per heavy atom. The summed E-state index contributed by atoms with van der Waals surface area (Å²) in [6.45, 7) is 7.85. The molecule has 1 aromatic carbocycles. The average Bonchev–Trinajstić information content (AvgIpc) is 2.69. The number of amides is 2. The third-order valence-electron chi connectivity index (χ3n) is 4.29. The molecule has 2 N–H and O–H groups in total. The molecule has 1 aliphatic heterocycles. The Balaban J connectivity index is 1.89. The molecule has 0 saturated carbocycles. The van der Waals surface area contributed by atoms with Gasteiger partial charge in [-0.2, -0.15) is 0 Å². The minimum Gasteiger partial charge on any atom is -0.450 e. The number of aliphatic imine (C=N–C) groups is 1. The Labute approximate surface area is 160 Å². The summed E-state index contributed by atoms with van der Waals surface area (Å²) in [5.74, 6) is 0.709. The summed E-state index contributed by atoms with van der Waals surface area (Å²) in [5, 5.41) is 6.14. The number of piperazine rings is 1. The Morgan fingerprint density at radius 1 is 1.11 bits per heavy atom. The zero-order valence-corrected chi connectivity index (χ0v) is 16.3. The standard InChI is InChI=1S/C19H29N5O3/c1-4-21-17(25)16-8-6-7-15(13-16)14-22-18(20-3)23-9-11-24(12-10-23)19(26)27-5-2/h6-8,13H,4-5,9-12,14H2,1-3H3,(H,20,22)(H,21,25). The largest absolute Gasteiger partial charge is 0.450 e. The lowest BCUT2D eigenvalue weighted by molar-refractivity contribution is 0.0913. The van der Waals surface area contributed by atoms with Crippen LogP contribution in [-0.4, -0.2) is 74.1 Å². The van der Waals surface area contributed by atoms with Gasteiger partial charge in [-0.3, -0.25) is 9.79 Å². The normalized spacial score (nSPS) is 14.7. The van der Waals surface area contributed by atoms with Crippen molar-refractivity contribution in [1.29, 1.82) is 0 Å². The van der Waals surface area contributed by atoms with Gasteiger partial charge >= 0.3 is 6.09 Å². The SMILES string of the molecule is CCNC(=O)c1cccc(CNC(=NC)N2CCN(C(=O)OCC)CC2)c1. The number of rotatable bonds is 5. The molecule has 27 heavy (non-hydrogen) atoms. The van der Waals surface area contributed by atoms with Crippen LogP contribution in [0.4, 0.5) is 4.79 Å². The Hall–Kier alpha value is -2.77. The molecular weight excluding hydrogens is 346 g/mol. The fourth-order valence-electron chi connectivity index (χ4n) is 2.91. The highest BCUT2D eigenvalue weighted by atomic mass is 16.6. The van der Waals surface area contributed by atoms with Gasteiger partial charge < -0.3 is 25.2 Å². The summed E-state index contributed by atoms with van der Waals surface area (Å²) >= 11 is 0. The topological polar surface area (TPSA) is 86.3 Å². The predicted molar refractivity (Wildman–Crippen MR) is 105 cm³/mol. The number of hydrogen-bond donors (Lipinski definition) is 2. The zero-order chi connectivity index (χ0) is 19.6. The molecule has 0 aliphatic carbocycles. The van der Waals surface area contributed by atoms with Gasteiger partial charge in [0, 0.05) is 51.9 Å². The summed E-state index contributed by atoms with van der Waals surface area (Å²) in [7, 11) is 1.74. The van der Waals surface area contributed by atoms with E-state index in [4.69, 9.17) is 4.74 Å². The maximum atomic E-state index is 12.0. The molecule has 1 heterocycles. The summed E-state index contributed by atoms with van der Waals surface area (Å²) in [6, 6.07) is 7.53. The van der Waals surface area contributed by atoms with E-state index in [0.717, 1.165) is 11.5 Å². The molecule has 2 rings (SSSR count). The minimum atomic E-state index is -0.262.